The first-order valence-electron chi connectivity index (χ1n) is 7.50. The number of fused-ring (bicyclic) bond motifs is 1. The molecular weight excluding hydrogens is 377 g/mol. The molecule has 0 saturated carbocycles. The lowest BCUT2D eigenvalue weighted by molar-refractivity contribution is -0.118. The zero-order valence-electron chi connectivity index (χ0n) is 13.4. The number of carbonyl (C=O) groups excluding carboxylic acids is 2. The first kappa shape index (κ1) is 18.2. The summed E-state index contributed by atoms with van der Waals surface area (Å²) in [5.41, 5.74) is 6.47. The van der Waals surface area contributed by atoms with Crippen molar-refractivity contribution in [2.24, 2.45) is 5.73 Å². The Kier molecular flexibility index (Phi) is 5.69. The fourth-order valence-corrected chi connectivity index (χ4v) is 3.92. The zero-order valence-corrected chi connectivity index (χ0v) is 15.0. The molecule has 26 heavy (non-hydrogen) atoms. The Hall–Kier alpha value is -2.65. The predicted molar refractivity (Wildman–Crippen MR) is 100 cm³/mol. The number of benzene rings is 2. The molecule has 0 fully saturated rings. The van der Waals surface area contributed by atoms with Crippen LogP contribution in [-0.2, 0) is 9.59 Å². The molecule has 2 aromatic carbocycles. The van der Waals surface area contributed by atoms with Crippen LogP contribution in [0, 0.1) is 5.82 Å². The van der Waals surface area contributed by atoms with E-state index >= 15 is 0 Å². The maximum atomic E-state index is 13.5. The smallest absolute Gasteiger partial charge is 0.262 e. The molecule has 0 spiro atoms. The van der Waals surface area contributed by atoms with Crippen molar-refractivity contribution in [1.82, 2.24) is 4.98 Å². The molecule has 3 N–H and O–H groups in total. The Balaban J connectivity index is 1.62. The lowest BCUT2D eigenvalue weighted by Crippen LogP contribution is -2.20. The maximum absolute atomic E-state index is 13.5. The summed E-state index contributed by atoms with van der Waals surface area (Å²) in [6.45, 7) is -0.304. The Labute approximate surface area is 156 Å². The fourth-order valence-electron chi connectivity index (χ4n) is 2.08. The number of nitrogens with one attached hydrogen (secondary N) is 1. The van der Waals surface area contributed by atoms with Crippen LogP contribution in [0.2, 0.25) is 0 Å². The van der Waals surface area contributed by atoms with Crippen molar-refractivity contribution in [3.05, 3.63) is 48.3 Å². The maximum Gasteiger partial charge on any atom is 0.262 e. The van der Waals surface area contributed by atoms with Gasteiger partial charge in [-0.3, -0.25) is 9.59 Å². The van der Waals surface area contributed by atoms with Gasteiger partial charge in [0.15, 0.2) is 22.5 Å². The third-order valence-corrected chi connectivity index (χ3v) is 5.37. The lowest BCUT2D eigenvalue weighted by atomic mass is 10.3. The monoisotopic (exact) mass is 391 g/mol. The molecule has 9 heteroatoms. The van der Waals surface area contributed by atoms with Crippen LogP contribution in [0.1, 0.15) is 0 Å². The number of rotatable bonds is 7. The van der Waals surface area contributed by atoms with Crippen molar-refractivity contribution in [2.75, 3.05) is 17.7 Å². The van der Waals surface area contributed by atoms with E-state index in [1.807, 2.05) is 0 Å². The molecule has 0 saturated heterocycles. The predicted octanol–water partition coefficient (Wildman–Crippen LogP) is 3.03. The standard InChI is InChI=1S/C17H14FN3O3S2/c18-11-3-1-2-4-13(11)24-8-16(23)20-10-5-6-12-14(7-10)26-17(21-12)25-9-15(19)22/h1-7H,8-9H2,(H2,19,22)(H,20,23). The van der Waals surface area contributed by atoms with Crippen molar-refractivity contribution in [3.8, 4) is 5.75 Å². The Morgan fingerprint density at radius 1 is 1.27 bits per heavy atom. The number of amides is 2. The summed E-state index contributed by atoms with van der Waals surface area (Å²) in [4.78, 5) is 27.2. The van der Waals surface area contributed by atoms with E-state index in [1.165, 1.54) is 35.2 Å². The molecule has 3 rings (SSSR count). The van der Waals surface area contributed by atoms with Gasteiger partial charge in [0, 0.05) is 5.69 Å². The fraction of sp³-hybridized carbons (Fsp3) is 0.118. The minimum Gasteiger partial charge on any atom is -0.481 e. The molecule has 0 unspecified atom stereocenters. The van der Waals surface area contributed by atoms with Crippen LogP contribution in [0.4, 0.5) is 10.1 Å². The highest BCUT2D eigenvalue weighted by atomic mass is 32.2. The van der Waals surface area contributed by atoms with Gasteiger partial charge in [-0.1, -0.05) is 23.9 Å². The molecule has 0 aliphatic rings. The molecule has 1 heterocycles. The van der Waals surface area contributed by atoms with Crippen molar-refractivity contribution < 1.29 is 18.7 Å². The van der Waals surface area contributed by atoms with E-state index in [0.29, 0.717) is 5.69 Å². The second-order valence-corrected chi connectivity index (χ2v) is 7.44. The number of hydrogen-bond donors (Lipinski definition) is 2. The quantitative estimate of drug-likeness (QED) is 0.604. The van der Waals surface area contributed by atoms with Crippen LogP contribution in [0.25, 0.3) is 10.2 Å². The summed E-state index contributed by atoms with van der Waals surface area (Å²) in [7, 11) is 0. The van der Waals surface area contributed by atoms with Crippen molar-refractivity contribution in [1.29, 1.82) is 0 Å². The summed E-state index contributed by atoms with van der Waals surface area (Å²) >= 11 is 2.68. The number of ether oxygens (including phenoxy) is 1. The van der Waals surface area contributed by atoms with Gasteiger partial charge in [0.05, 0.1) is 16.0 Å². The Bertz CT molecular complexity index is 961. The molecule has 134 valence electrons. The largest absolute Gasteiger partial charge is 0.481 e. The molecule has 0 radical (unpaired) electrons. The van der Waals surface area contributed by atoms with Crippen LogP contribution in [0.15, 0.2) is 46.8 Å². The van der Waals surface area contributed by atoms with Crippen LogP contribution < -0.4 is 15.8 Å². The number of thioether (sulfide) groups is 1. The van der Waals surface area contributed by atoms with E-state index in [0.717, 1.165) is 14.6 Å². The number of para-hydroxylation sites is 1. The molecule has 6 nitrogen and oxygen atoms in total. The molecule has 0 bridgehead atoms. The number of hydrogen-bond acceptors (Lipinski definition) is 6. The third-order valence-electron chi connectivity index (χ3n) is 3.19. The number of halogens is 1. The highest BCUT2D eigenvalue weighted by Gasteiger charge is 2.10. The topological polar surface area (TPSA) is 94.3 Å². The van der Waals surface area contributed by atoms with Crippen LogP contribution in [0.5, 0.6) is 5.75 Å². The summed E-state index contributed by atoms with van der Waals surface area (Å²) in [5.74, 6) is -1.14. The summed E-state index contributed by atoms with van der Waals surface area (Å²) in [6.07, 6.45) is 0. The molecule has 2 amide bonds. The van der Waals surface area contributed by atoms with Crippen molar-refractivity contribution in [3.63, 3.8) is 0 Å². The van der Waals surface area contributed by atoms with Gasteiger partial charge in [-0.25, -0.2) is 9.37 Å². The molecule has 3 aromatic rings. The van der Waals surface area contributed by atoms with E-state index < -0.39 is 17.6 Å². The number of nitrogens with two attached hydrogens (primary N) is 1. The molecule has 0 atom stereocenters. The minimum atomic E-state index is -0.521. The van der Waals surface area contributed by atoms with E-state index in [1.54, 1.807) is 30.3 Å². The first-order valence-corrected chi connectivity index (χ1v) is 9.30. The van der Waals surface area contributed by atoms with Crippen LogP contribution in [0.3, 0.4) is 0 Å². The van der Waals surface area contributed by atoms with Gasteiger partial charge in [0.2, 0.25) is 5.91 Å². The second-order valence-electron chi connectivity index (χ2n) is 5.18. The van der Waals surface area contributed by atoms with E-state index in [-0.39, 0.29) is 18.1 Å². The molecule has 0 aliphatic heterocycles. The third kappa shape index (κ3) is 4.70. The van der Waals surface area contributed by atoms with Gasteiger partial charge in [-0.2, -0.15) is 0 Å². The van der Waals surface area contributed by atoms with Crippen LogP contribution in [-0.4, -0.2) is 29.2 Å². The number of primary amides is 1. The molecular formula is C17H14FN3O3S2. The van der Waals surface area contributed by atoms with E-state index in [9.17, 15) is 14.0 Å². The van der Waals surface area contributed by atoms with Gasteiger partial charge in [-0.05, 0) is 30.3 Å². The first-order chi connectivity index (χ1) is 12.5. The number of carbonyl (C=O) groups is 2. The highest BCUT2D eigenvalue weighted by molar-refractivity contribution is 8.01. The van der Waals surface area contributed by atoms with Gasteiger partial charge in [-0.15, -0.1) is 11.3 Å². The normalized spacial score (nSPS) is 10.7. The molecule has 1 aromatic heterocycles. The van der Waals surface area contributed by atoms with Gasteiger partial charge in [0.25, 0.3) is 5.91 Å². The average Bonchev–Trinajstić information content (AvgIpc) is 3.01. The SMILES string of the molecule is NC(=O)CSc1nc2ccc(NC(=O)COc3ccccc3F)cc2s1. The van der Waals surface area contributed by atoms with E-state index in [2.05, 4.69) is 10.3 Å². The Morgan fingerprint density at radius 2 is 2.08 bits per heavy atom. The number of aromatic nitrogens is 1. The molecule has 0 aliphatic carbocycles. The van der Waals surface area contributed by atoms with Crippen LogP contribution >= 0.6 is 23.1 Å². The average molecular weight is 391 g/mol. The van der Waals surface area contributed by atoms with E-state index in [4.69, 9.17) is 10.5 Å². The minimum absolute atomic E-state index is 0.0247. The number of nitrogens with zero attached hydrogens (tertiary/aromatic N) is 1. The zero-order chi connectivity index (χ0) is 18.5. The van der Waals surface area contributed by atoms with Gasteiger partial charge in [0.1, 0.15) is 0 Å². The van der Waals surface area contributed by atoms with Crippen molar-refractivity contribution in [2.45, 2.75) is 4.34 Å². The lowest BCUT2D eigenvalue weighted by Gasteiger charge is -2.08. The van der Waals surface area contributed by atoms with Gasteiger partial charge >= 0.3 is 0 Å². The van der Waals surface area contributed by atoms with Gasteiger partial charge < -0.3 is 15.8 Å². The second kappa shape index (κ2) is 8.15. The van der Waals surface area contributed by atoms with Crippen molar-refractivity contribution >= 4 is 50.8 Å². The summed E-state index contributed by atoms with van der Waals surface area (Å²) in [5, 5.41) is 2.69. The Morgan fingerprint density at radius 3 is 2.85 bits per heavy atom. The summed E-state index contributed by atoms with van der Waals surface area (Å²) < 4.78 is 20.2. The number of anilines is 1. The summed E-state index contributed by atoms with van der Waals surface area (Å²) in [6, 6.07) is 11.2. The number of thiazole rings is 1. The highest BCUT2D eigenvalue weighted by Crippen LogP contribution is 2.31.